The maximum Gasteiger partial charge on any atom is 0.231 e. The van der Waals surface area contributed by atoms with Crippen LogP contribution in [-0.2, 0) is 6.61 Å². The Hall–Kier alpha value is -3.53. The molecule has 2 heterocycles. The van der Waals surface area contributed by atoms with Crippen LogP contribution in [0, 0.1) is 11.3 Å². The van der Waals surface area contributed by atoms with E-state index >= 15 is 0 Å². The molecule has 0 aliphatic carbocycles. The largest absolute Gasteiger partial charge is 0.489 e. The fraction of sp³-hybridized carbons (Fsp3) is 0.125. The summed E-state index contributed by atoms with van der Waals surface area (Å²) in [6.45, 7) is 0.440. The number of nitrogens with zero attached hydrogens (tertiary/aromatic N) is 1. The number of hydrogen-bond donors (Lipinski definition) is 1. The highest BCUT2D eigenvalue weighted by molar-refractivity contribution is 6.35. The quantitative estimate of drug-likeness (QED) is 0.544. The molecule has 6 nitrogen and oxygen atoms in total. The van der Waals surface area contributed by atoms with Crippen LogP contribution in [-0.4, -0.2) is 6.79 Å². The highest BCUT2D eigenvalue weighted by Crippen LogP contribution is 2.48. The number of ether oxygens (including phenoxy) is 4. The highest BCUT2D eigenvalue weighted by atomic mass is 35.5. The Morgan fingerprint density at radius 3 is 2.47 bits per heavy atom. The van der Waals surface area contributed by atoms with Gasteiger partial charge in [0, 0.05) is 27.2 Å². The third-order valence-corrected chi connectivity index (χ3v) is 5.92. The zero-order chi connectivity index (χ0) is 22.2. The van der Waals surface area contributed by atoms with Crippen molar-refractivity contribution in [2.75, 3.05) is 6.79 Å². The molecule has 0 bridgehead atoms. The Bertz CT molecular complexity index is 1280. The summed E-state index contributed by atoms with van der Waals surface area (Å²) in [6.07, 6.45) is 0. The van der Waals surface area contributed by atoms with Gasteiger partial charge < -0.3 is 24.7 Å². The van der Waals surface area contributed by atoms with E-state index in [-0.39, 0.29) is 12.7 Å². The van der Waals surface area contributed by atoms with Crippen molar-refractivity contribution in [2.45, 2.75) is 12.5 Å². The molecular formula is C24H16Cl2N2O4. The zero-order valence-electron chi connectivity index (χ0n) is 16.6. The van der Waals surface area contributed by atoms with Crippen molar-refractivity contribution in [3.8, 4) is 29.1 Å². The fourth-order valence-corrected chi connectivity index (χ4v) is 4.21. The summed E-state index contributed by atoms with van der Waals surface area (Å²) in [4.78, 5) is 0. The molecule has 8 heteroatoms. The van der Waals surface area contributed by atoms with Crippen molar-refractivity contribution in [1.29, 1.82) is 5.26 Å². The molecule has 160 valence electrons. The number of benzene rings is 3. The molecule has 1 unspecified atom stereocenters. The lowest BCUT2D eigenvalue weighted by Crippen LogP contribution is -2.21. The first-order valence-corrected chi connectivity index (χ1v) is 10.5. The molecule has 0 amide bonds. The molecule has 2 N–H and O–H groups in total. The van der Waals surface area contributed by atoms with Gasteiger partial charge in [-0.2, -0.15) is 5.26 Å². The molecular weight excluding hydrogens is 451 g/mol. The second-order valence-electron chi connectivity index (χ2n) is 7.26. The molecule has 0 radical (unpaired) electrons. The van der Waals surface area contributed by atoms with Gasteiger partial charge in [0.25, 0.3) is 0 Å². The molecule has 3 aromatic carbocycles. The topological polar surface area (TPSA) is 86.7 Å². The van der Waals surface area contributed by atoms with Crippen LogP contribution in [0.3, 0.4) is 0 Å². The van der Waals surface area contributed by atoms with Crippen LogP contribution in [0.25, 0.3) is 0 Å². The van der Waals surface area contributed by atoms with E-state index in [4.69, 9.17) is 47.9 Å². The Morgan fingerprint density at radius 1 is 1.00 bits per heavy atom. The van der Waals surface area contributed by atoms with Gasteiger partial charge in [-0.25, -0.2) is 0 Å². The van der Waals surface area contributed by atoms with E-state index in [2.05, 4.69) is 6.07 Å². The number of fused-ring (bicyclic) bond motifs is 2. The van der Waals surface area contributed by atoms with Crippen LogP contribution in [0.2, 0.25) is 10.0 Å². The van der Waals surface area contributed by atoms with Gasteiger partial charge in [0.1, 0.15) is 29.7 Å². The van der Waals surface area contributed by atoms with Crippen LogP contribution in [0.1, 0.15) is 22.6 Å². The molecule has 0 fully saturated rings. The lowest BCUT2D eigenvalue weighted by atomic mass is 9.83. The Morgan fingerprint density at radius 2 is 1.75 bits per heavy atom. The first-order valence-electron chi connectivity index (χ1n) is 9.71. The maximum atomic E-state index is 9.75. The standard InChI is InChI=1S/C24H16Cl2N2O4/c25-15-4-1-14(19(26)7-15)11-29-16-5-2-13(3-6-16)23-17-8-21-22(31-12-30-21)9-20(17)32-24(28)18(23)10-27/h1-9,23H,11-12,28H2. The molecule has 1 atom stereocenters. The van der Waals surface area contributed by atoms with Crippen LogP contribution in [0.4, 0.5) is 0 Å². The van der Waals surface area contributed by atoms with E-state index in [1.54, 1.807) is 18.2 Å². The van der Waals surface area contributed by atoms with Gasteiger partial charge in [0.15, 0.2) is 11.5 Å². The van der Waals surface area contributed by atoms with E-state index in [1.165, 1.54) is 0 Å². The van der Waals surface area contributed by atoms with Gasteiger partial charge in [-0.15, -0.1) is 0 Å². The second-order valence-corrected chi connectivity index (χ2v) is 8.11. The monoisotopic (exact) mass is 466 g/mol. The number of hydrogen-bond acceptors (Lipinski definition) is 6. The van der Waals surface area contributed by atoms with Crippen molar-refractivity contribution in [3.63, 3.8) is 0 Å². The Labute approximate surface area is 194 Å². The summed E-state index contributed by atoms with van der Waals surface area (Å²) < 4.78 is 22.5. The van der Waals surface area contributed by atoms with Gasteiger partial charge in [-0.1, -0.05) is 41.4 Å². The van der Waals surface area contributed by atoms with E-state index in [1.807, 2.05) is 36.4 Å². The minimum Gasteiger partial charge on any atom is -0.489 e. The molecule has 2 aliphatic heterocycles. The van der Waals surface area contributed by atoms with Crippen molar-refractivity contribution in [2.24, 2.45) is 5.73 Å². The third kappa shape index (κ3) is 3.66. The first-order chi connectivity index (χ1) is 15.5. The Kier molecular flexibility index (Phi) is 5.22. The number of rotatable bonds is 4. The van der Waals surface area contributed by atoms with E-state index < -0.39 is 5.92 Å². The number of allylic oxidation sites excluding steroid dienone is 1. The summed E-state index contributed by atoms with van der Waals surface area (Å²) in [5.74, 6) is 2.05. The van der Waals surface area contributed by atoms with E-state index in [0.29, 0.717) is 45.2 Å². The predicted molar refractivity (Wildman–Crippen MR) is 119 cm³/mol. The maximum absolute atomic E-state index is 9.75. The zero-order valence-corrected chi connectivity index (χ0v) is 18.1. The molecule has 2 aliphatic rings. The second kappa shape index (κ2) is 8.19. The minimum atomic E-state index is -0.405. The SMILES string of the molecule is N#CC1=C(N)Oc2cc3c(cc2C1c1ccc(OCc2ccc(Cl)cc2Cl)cc1)OCO3. The molecule has 32 heavy (non-hydrogen) atoms. The summed E-state index contributed by atoms with van der Waals surface area (Å²) in [7, 11) is 0. The molecule has 0 spiro atoms. The average molecular weight is 467 g/mol. The summed E-state index contributed by atoms with van der Waals surface area (Å²) >= 11 is 12.2. The number of nitrogens with two attached hydrogens (primary N) is 1. The fourth-order valence-electron chi connectivity index (χ4n) is 3.75. The predicted octanol–water partition coefficient (Wildman–Crippen LogP) is 5.52. The van der Waals surface area contributed by atoms with Crippen molar-refractivity contribution in [1.82, 2.24) is 0 Å². The summed E-state index contributed by atoms with van der Waals surface area (Å²) in [5.41, 5.74) is 8.87. The van der Waals surface area contributed by atoms with Gasteiger partial charge >= 0.3 is 0 Å². The molecule has 3 aromatic rings. The third-order valence-electron chi connectivity index (χ3n) is 5.33. The molecule has 5 rings (SSSR count). The van der Waals surface area contributed by atoms with Gasteiger partial charge in [-0.3, -0.25) is 0 Å². The number of halogens is 2. The normalized spacial score (nSPS) is 16.2. The summed E-state index contributed by atoms with van der Waals surface area (Å²) in [5, 5.41) is 10.9. The van der Waals surface area contributed by atoms with Crippen molar-refractivity contribution in [3.05, 3.63) is 92.8 Å². The van der Waals surface area contributed by atoms with Crippen LogP contribution in [0.15, 0.2) is 66.1 Å². The Balaban J connectivity index is 1.43. The highest BCUT2D eigenvalue weighted by Gasteiger charge is 2.33. The minimum absolute atomic E-state index is 0.0709. The molecule has 0 saturated heterocycles. The molecule has 0 saturated carbocycles. The lowest BCUT2D eigenvalue weighted by Gasteiger charge is -2.26. The van der Waals surface area contributed by atoms with Gasteiger partial charge in [0.05, 0.1) is 5.92 Å². The average Bonchev–Trinajstić information content (AvgIpc) is 3.24. The van der Waals surface area contributed by atoms with Crippen molar-refractivity contribution < 1.29 is 18.9 Å². The molecule has 0 aromatic heterocycles. The van der Waals surface area contributed by atoms with E-state index in [9.17, 15) is 5.26 Å². The van der Waals surface area contributed by atoms with Gasteiger partial charge in [0.2, 0.25) is 12.7 Å². The van der Waals surface area contributed by atoms with Crippen molar-refractivity contribution >= 4 is 23.2 Å². The van der Waals surface area contributed by atoms with Crippen LogP contribution >= 0.6 is 23.2 Å². The summed E-state index contributed by atoms with van der Waals surface area (Å²) in [6, 6.07) is 18.5. The number of nitriles is 1. The van der Waals surface area contributed by atoms with Gasteiger partial charge in [-0.05, 0) is 35.9 Å². The van der Waals surface area contributed by atoms with Crippen LogP contribution < -0.4 is 24.7 Å². The van der Waals surface area contributed by atoms with E-state index in [0.717, 1.165) is 16.7 Å². The first kappa shape index (κ1) is 20.4. The lowest BCUT2D eigenvalue weighted by molar-refractivity contribution is 0.174. The van der Waals surface area contributed by atoms with Crippen LogP contribution in [0.5, 0.6) is 23.0 Å². The smallest absolute Gasteiger partial charge is 0.231 e.